The van der Waals surface area contributed by atoms with Gasteiger partial charge in [-0.1, -0.05) is 18.2 Å². The van der Waals surface area contributed by atoms with E-state index >= 15 is 0 Å². The molecule has 0 N–H and O–H groups in total. The van der Waals surface area contributed by atoms with Gasteiger partial charge in [0, 0.05) is 13.1 Å². The number of carbonyl (C=O) groups is 2. The Morgan fingerprint density at radius 2 is 1.73 bits per heavy atom. The third-order valence-corrected chi connectivity index (χ3v) is 4.24. The van der Waals surface area contributed by atoms with Crippen molar-refractivity contribution in [3.8, 4) is 5.69 Å². The predicted octanol–water partition coefficient (Wildman–Crippen LogP) is 2.07. The number of para-hydroxylation sites is 1. The summed E-state index contributed by atoms with van der Waals surface area (Å²) in [6, 6.07) is 11.0. The van der Waals surface area contributed by atoms with Crippen LogP contribution in [0.3, 0.4) is 0 Å². The van der Waals surface area contributed by atoms with Crippen molar-refractivity contribution in [1.82, 2.24) is 25.0 Å². The zero-order valence-electron chi connectivity index (χ0n) is 14.2. The first kappa shape index (κ1) is 16.1. The lowest BCUT2D eigenvalue weighted by atomic mass is 10.3. The first-order valence-electron chi connectivity index (χ1n) is 8.30. The summed E-state index contributed by atoms with van der Waals surface area (Å²) >= 11 is 0. The van der Waals surface area contributed by atoms with Crippen molar-refractivity contribution in [3.63, 3.8) is 0 Å². The zero-order chi connectivity index (χ0) is 18.1. The van der Waals surface area contributed by atoms with Crippen molar-refractivity contribution in [2.45, 2.75) is 13.3 Å². The first-order valence-corrected chi connectivity index (χ1v) is 8.30. The van der Waals surface area contributed by atoms with Crippen LogP contribution in [0.2, 0.25) is 0 Å². The summed E-state index contributed by atoms with van der Waals surface area (Å²) in [6.07, 6.45) is 3.52. The van der Waals surface area contributed by atoms with E-state index in [1.54, 1.807) is 13.0 Å². The fourth-order valence-corrected chi connectivity index (χ4v) is 2.94. The molecule has 26 heavy (non-hydrogen) atoms. The smallest absolute Gasteiger partial charge is 0.294 e. The molecule has 2 amide bonds. The first-order chi connectivity index (χ1) is 12.6. The van der Waals surface area contributed by atoms with Gasteiger partial charge < -0.3 is 4.42 Å². The average Bonchev–Trinajstić information content (AvgIpc) is 3.41. The highest BCUT2D eigenvalue weighted by atomic mass is 16.3. The molecule has 8 nitrogen and oxygen atoms in total. The summed E-state index contributed by atoms with van der Waals surface area (Å²) in [6.45, 7) is 2.67. The van der Waals surface area contributed by atoms with Crippen molar-refractivity contribution in [3.05, 3.63) is 65.9 Å². The molecule has 0 aliphatic carbocycles. The Morgan fingerprint density at radius 3 is 2.42 bits per heavy atom. The number of rotatable bonds is 3. The molecule has 1 aromatic carbocycles. The second-order valence-electron chi connectivity index (χ2n) is 5.98. The van der Waals surface area contributed by atoms with Gasteiger partial charge in [0.25, 0.3) is 11.8 Å². The minimum absolute atomic E-state index is 0.237. The van der Waals surface area contributed by atoms with Gasteiger partial charge in [0.2, 0.25) is 0 Å². The Labute approximate surface area is 149 Å². The van der Waals surface area contributed by atoms with Crippen LogP contribution in [-0.2, 0) is 0 Å². The van der Waals surface area contributed by atoms with Gasteiger partial charge in [-0.2, -0.15) is 9.90 Å². The zero-order valence-corrected chi connectivity index (χ0v) is 14.2. The molecule has 1 fully saturated rings. The van der Waals surface area contributed by atoms with Crippen LogP contribution in [0, 0.1) is 6.92 Å². The number of amides is 2. The Hall–Kier alpha value is -3.42. The largest absolute Gasteiger partial charge is 0.472 e. The number of aryl methyl sites for hydroxylation is 1. The SMILES string of the molecule is Cc1nn(-c2ccccc2)nc1C(=O)N1CCCN1C(=O)c1ccoc1. The van der Waals surface area contributed by atoms with Crippen LogP contribution < -0.4 is 0 Å². The van der Waals surface area contributed by atoms with Crippen molar-refractivity contribution in [2.24, 2.45) is 0 Å². The summed E-state index contributed by atoms with van der Waals surface area (Å²) in [4.78, 5) is 27.0. The van der Waals surface area contributed by atoms with Crippen LogP contribution in [0.15, 0.2) is 53.3 Å². The van der Waals surface area contributed by atoms with Gasteiger partial charge >= 0.3 is 0 Å². The lowest BCUT2D eigenvalue weighted by Crippen LogP contribution is -2.45. The molecule has 0 bridgehead atoms. The highest BCUT2D eigenvalue weighted by molar-refractivity contribution is 5.98. The van der Waals surface area contributed by atoms with Gasteiger partial charge in [-0.3, -0.25) is 9.59 Å². The molecule has 0 radical (unpaired) electrons. The molecule has 3 aromatic rings. The minimum atomic E-state index is -0.334. The van der Waals surface area contributed by atoms with Crippen molar-refractivity contribution >= 4 is 11.8 Å². The Morgan fingerprint density at radius 1 is 1.00 bits per heavy atom. The summed E-state index contributed by atoms with van der Waals surface area (Å²) in [5.41, 5.74) is 1.93. The number of hydrogen-bond donors (Lipinski definition) is 0. The normalized spacial score (nSPS) is 14.0. The summed E-state index contributed by atoms with van der Waals surface area (Å²) in [5, 5.41) is 11.5. The number of carbonyl (C=O) groups excluding carboxylic acids is 2. The van der Waals surface area contributed by atoms with Crippen LogP contribution in [-0.4, -0.2) is 49.9 Å². The van der Waals surface area contributed by atoms with E-state index in [-0.39, 0.29) is 17.5 Å². The molecule has 0 atom stereocenters. The molecular formula is C18H17N5O3. The summed E-state index contributed by atoms with van der Waals surface area (Å²) < 4.78 is 4.97. The third kappa shape index (κ3) is 2.75. The Bertz CT molecular complexity index is 933. The topological polar surface area (TPSA) is 84.5 Å². The lowest BCUT2D eigenvalue weighted by molar-refractivity contribution is 0.0181. The van der Waals surface area contributed by atoms with Gasteiger partial charge in [-0.25, -0.2) is 10.0 Å². The molecule has 1 aliphatic heterocycles. The van der Waals surface area contributed by atoms with E-state index in [0.29, 0.717) is 30.8 Å². The van der Waals surface area contributed by atoms with Gasteiger partial charge in [0.1, 0.15) is 6.26 Å². The molecule has 0 spiro atoms. The van der Waals surface area contributed by atoms with E-state index < -0.39 is 0 Å². The lowest BCUT2D eigenvalue weighted by Gasteiger charge is -2.26. The van der Waals surface area contributed by atoms with Crippen LogP contribution in [0.4, 0.5) is 0 Å². The van der Waals surface area contributed by atoms with Gasteiger partial charge in [0.15, 0.2) is 5.69 Å². The molecule has 8 heteroatoms. The second kappa shape index (κ2) is 6.47. The maximum atomic E-state index is 13.0. The van der Waals surface area contributed by atoms with E-state index in [4.69, 9.17) is 4.42 Å². The van der Waals surface area contributed by atoms with Gasteiger partial charge in [-0.05, 0) is 31.5 Å². The van der Waals surface area contributed by atoms with Crippen LogP contribution in [0.1, 0.15) is 33.0 Å². The average molecular weight is 351 g/mol. The maximum Gasteiger partial charge on any atom is 0.294 e. The Kier molecular flexibility index (Phi) is 4.00. The maximum absolute atomic E-state index is 13.0. The van der Waals surface area contributed by atoms with Crippen molar-refractivity contribution in [2.75, 3.05) is 13.1 Å². The van der Waals surface area contributed by atoms with E-state index in [1.807, 2.05) is 30.3 Å². The highest BCUT2D eigenvalue weighted by Crippen LogP contribution is 2.19. The highest BCUT2D eigenvalue weighted by Gasteiger charge is 2.34. The molecule has 1 saturated heterocycles. The quantitative estimate of drug-likeness (QED) is 0.721. The molecule has 4 rings (SSSR count). The van der Waals surface area contributed by atoms with Crippen molar-refractivity contribution in [1.29, 1.82) is 0 Å². The minimum Gasteiger partial charge on any atom is -0.472 e. The van der Waals surface area contributed by atoms with E-state index in [0.717, 1.165) is 5.69 Å². The van der Waals surface area contributed by atoms with Crippen LogP contribution in [0.25, 0.3) is 5.69 Å². The number of aromatic nitrogens is 3. The van der Waals surface area contributed by atoms with Gasteiger partial charge in [0.05, 0.1) is 23.2 Å². The monoisotopic (exact) mass is 351 g/mol. The molecule has 3 heterocycles. The fraction of sp³-hybridized carbons (Fsp3) is 0.222. The number of hydrogen-bond acceptors (Lipinski definition) is 5. The van der Waals surface area contributed by atoms with E-state index in [2.05, 4.69) is 10.2 Å². The summed E-state index contributed by atoms with van der Waals surface area (Å²) in [5.74, 6) is -0.600. The third-order valence-electron chi connectivity index (χ3n) is 4.24. The van der Waals surface area contributed by atoms with Crippen LogP contribution >= 0.6 is 0 Å². The predicted molar refractivity (Wildman–Crippen MR) is 91.5 cm³/mol. The molecule has 2 aromatic heterocycles. The van der Waals surface area contributed by atoms with E-state index in [9.17, 15) is 9.59 Å². The molecule has 1 aliphatic rings. The molecule has 132 valence electrons. The second-order valence-corrected chi connectivity index (χ2v) is 5.98. The summed E-state index contributed by atoms with van der Waals surface area (Å²) in [7, 11) is 0. The fourth-order valence-electron chi connectivity index (χ4n) is 2.94. The Balaban J connectivity index is 1.61. The molecular weight excluding hydrogens is 334 g/mol. The van der Waals surface area contributed by atoms with Crippen LogP contribution in [0.5, 0.6) is 0 Å². The van der Waals surface area contributed by atoms with Crippen molar-refractivity contribution < 1.29 is 14.0 Å². The standard InChI is InChI=1S/C18H17N5O3/c1-13-16(20-23(19-13)15-6-3-2-4-7-15)18(25)22-10-5-9-21(22)17(24)14-8-11-26-12-14/h2-4,6-8,11-12H,5,9-10H2,1H3. The number of hydrazine groups is 1. The molecule has 0 saturated carbocycles. The van der Waals surface area contributed by atoms with Gasteiger partial charge in [-0.15, -0.1) is 5.10 Å². The molecule has 0 unspecified atom stereocenters. The van der Waals surface area contributed by atoms with E-state index in [1.165, 1.54) is 27.3 Å². The number of nitrogens with zero attached hydrogens (tertiary/aromatic N) is 5. The number of furan rings is 1. The number of benzene rings is 1.